The van der Waals surface area contributed by atoms with Crippen molar-refractivity contribution in [2.75, 3.05) is 27.7 Å². The predicted octanol–water partition coefficient (Wildman–Crippen LogP) is 3.89. The van der Waals surface area contributed by atoms with Crippen LogP contribution in [0.15, 0.2) is 48.5 Å². The molecule has 0 heterocycles. The van der Waals surface area contributed by atoms with Gasteiger partial charge >= 0.3 is 0 Å². The van der Waals surface area contributed by atoms with Crippen molar-refractivity contribution in [2.24, 2.45) is 0 Å². The number of nitrogens with one attached hydrogen (secondary N) is 2. The number of aryl methyl sites for hydroxylation is 1. The minimum absolute atomic E-state index is 0.172. The first-order valence-corrected chi connectivity index (χ1v) is 8.81. The molecule has 0 aliphatic heterocycles. The second-order valence-corrected chi connectivity index (χ2v) is 6.76. The maximum absolute atomic E-state index is 14.2. The second kappa shape index (κ2) is 8.92. The van der Waals surface area contributed by atoms with Crippen LogP contribution in [0.3, 0.4) is 0 Å². The molecule has 0 saturated heterocycles. The van der Waals surface area contributed by atoms with Crippen molar-refractivity contribution in [3.05, 3.63) is 71.0 Å². The number of halogens is 1. The highest BCUT2D eigenvalue weighted by Gasteiger charge is 2.34. The number of ether oxygens (including phenoxy) is 1. The number of hydrogen-bond donors (Lipinski definition) is 2. The largest absolute Gasteiger partial charge is 0.451 e. The van der Waals surface area contributed by atoms with E-state index in [1.807, 2.05) is 58.4 Å². The highest BCUT2D eigenvalue weighted by molar-refractivity contribution is 5.92. The van der Waals surface area contributed by atoms with Crippen molar-refractivity contribution in [1.29, 1.82) is 5.41 Å². The Hall–Kier alpha value is -2.24. The van der Waals surface area contributed by atoms with Gasteiger partial charge in [-0.1, -0.05) is 42.0 Å². The van der Waals surface area contributed by atoms with Gasteiger partial charge in [-0.15, -0.1) is 0 Å². The van der Waals surface area contributed by atoms with E-state index in [1.54, 1.807) is 12.1 Å². The van der Waals surface area contributed by atoms with Crippen LogP contribution in [-0.4, -0.2) is 38.5 Å². The van der Waals surface area contributed by atoms with Crippen LogP contribution in [0.2, 0.25) is 0 Å². The van der Waals surface area contributed by atoms with E-state index >= 15 is 0 Å². The normalized spacial score (nSPS) is 13.5. The van der Waals surface area contributed by atoms with Gasteiger partial charge in [-0.2, -0.15) is 0 Å². The van der Waals surface area contributed by atoms with Gasteiger partial charge in [-0.25, -0.2) is 4.39 Å². The van der Waals surface area contributed by atoms with Crippen LogP contribution in [0.4, 0.5) is 4.39 Å². The lowest BCUT2D eigenvalue weighted by Crippen LogP contribution is -2.45. The number of benzene rings is 2. The maximum Gasteiger partial charge on any atom is 0.218 e. The molecule has 4 nitrogen and oxygen atoms in total. The summed E-state index contributed by atoms with van der Waals surface area (Å²) in [5.74, 6) is -0.624. The predicted molar refractivity (Wildman–Crippen MR) is 104 cm³/mol. The molecule has 1 unspecified atom stereocenters. The van der Waals surface area contributed by atoms with Crippen molar-refractivity contribution < 1.29 is 9.13 Å². The third kappa shape index (κ3) is 4.90. The lowest BCUT2D eigenvalue weighted by atomic mass is 9.97. The smallest absolute Gasteiger partial charge is 0.218 e. The van der Waals surface area contributed by atoms with E-state index in [0.717, 1.165) is 24.1 Å². The molecule has 0 saturated carbocycles. The summed E-state index contributed by atoms with van der Waals surface area (Å²) in [7, 11) is 5.85. The Morgan fingerprint density at radius 3 is 2.50 bits per heavy atom. The Balaban J connectivity index is 2.33. The molecule has 0 aliphatic rings. The summed E-state index contributed by atoms with van der Waals surface area (Å²) in [6, 6.07) is 14.4. The summed E-state index contributed by atoms with van der Waals surface area (Å²) >= 11 is 0. The van der Waals surface area contributed by atoms with Crippen LogP contribution in [0.1, 0.15) is 29.5 Å². The first-order chi connectivity index (χ1) is 12.4. The summed E-state index contributed by atoms with van der Waals surface area (Å²) in [6.07, 6.45) is 1.52. The third-order valence-corrected chi connectivity index (χ3v) is 4.42. The molecule has 140 valence electrons. The van der Waals surface area contributed by atoms with Crippen LogP contribution in [0.25, 0.3) is 0 Å². The van der Waals surface area contributed by atoms with E-state index in [2.05, 4.69) is 10.2 Å². The zero-order valence-corrected chi connectivity index (χ0v) is 16.0. The number of rotatable bonds is 8. The van der Waals surface area contributed by atoms with Gasteiger partial charge in [0, 0.05) is 12.0 Å². The Bertz CT molecular complexity index is 733. The van der Waals surface area contributed by atoms with Crippen molar-refractivity contribution >= 4 is 5.90 Å². The zero-order chi connectivity index (χ0) is 19.2. The van der Waals surface area contributed by atoms with E-state index < -0.39 is 11.5 Å². The van der Waals surface area contributed by atoms with E-state index in [-0.39, 0.29) is 11.5 Å². The number of hydrogen-bond acceptors (Lipinski definition) is 4. The van der Waals surface area contributed by atoms with E-state index in [0.29, 0.717) is 6.42 Å². The first-order valence-electron chi connectivity index (χ1n) is 8.81. The molecular formula is C21H28FN3O. The summed E-state index contributed by atoms with van der Waals surface area (Å²) in [6.45, 7) is 2.77. The Morgan fingerprint density at radius 1 is 1.19 bits per heavy atom. The molecule has 26 heavy (non-hydrogen) atoms. The molecule has 5 heteroatoms. The van der Waals surface area contributed by atoms with E-state index in [4.69, 9.17) is 10.1 Å². The molecule has 2 aromatic rings. The van der Waals surface area contributed by atoms with Crippen LogP contribution < -0.4 is 5.32 Å². The molecule has 0 aromatic heterocycles. The zero-order valence-electron chi connectivity index (χ0n) is 16.0. The first kappa shape index (κ1) is 20.1. The van der Waals surface area contributed by atoms with Gasteiger partial charge in [0.25, 0.3) is 0 Å². The lowest BCUT2D eigenvalue weighted by molar-refractivity contribution is 0.0106. The quantitative estimate of drug-likeness (QED) is 0.428. The van der Waals surface area contributed by atoms with Crippen LogP contribution in [-0.2, 0) is 10.5 Å². The van der Waals surface area contributed by atoms with Gasteiger partial charge in [-0.05, 0) is 53.2 Å². The lowest BCUT2D eigenvalue weighted by Gasteiger charge is -2.35. The van der Waals surface area contributed by atoms with E-state index in [1.165, 1.54) is 6.07 Å². The molecular weight excluding hydrogens is 329 g/mol. The molecule has 2 N–H and O–H groups in total. The van der Waals surface area contributed by atoms with Crippen molar-refractivity contribution in [1.82, 2.24) is 10.2 Å². The van der Waals surface area contributed by atoms with Gasteiger partial charge in [0.2, 0.25) is 5.90 Å². The number of nitrogens with zero attached hydrogens (tertiary/aromatic N) is 1. The average molecular weight is 357 g/mol. The molecule has 0 aliphatic carbocycles. The summed E-state index contributed by atoms with van der Waals surface area (Å²) in [5, 5.41) is 11.6. The molecule has 0 radical (unpaired) electrons. The molecule has 1 atom stereocenters. The minimum atomic E-state index is -0.884. The second-order valence-electron chi connectivity index (χ2n) is 6.76. The van der Waals surface area contributed by atoms with Gasteiger partial charge in [0.1, 0.15) is 5.82 Å². The minimum Gasteiger partial charge on any atom is -0.451 e. The van der Waals surface area contributed by atoms with Crippen molar-refractivity contribution in [2.45, 2.75) is 25.5 Å². The molecule has 0 amide bonds. The topological polar surface area (TPSA) is 48.4 Å². The standard InChI is InChI=1S/C21H28FN3O/c1-16-11-12-19(22)18(15-16)20(23)26-21(24-2,13-8-14-25(3)4)17-9-6-5-7-10-17/h5-7,9-12,15,23-24H,8,13-14H2,1-4H3. The fraction of sp³-hybridized carbons (Fsp3) is 0.381. The van der Waals surface area contributed by atoms with Crippen LogP contribution in [0, 0.1) is 18.2 Å². The van der Waals surface area contributed by atoms with Crippen LogP contribution >= 0.6 is 0 Å². The van der Waals surface area contributed by atoms with E-state index in [9.17, 15) is 4.39 Å². The highest BCUT2D eigenvalue weighted by Crippen LogP contribution is 2.29. The summed E-state index contributed by atoms with van der Waals surface area (Å²) < 4.78 is 20.3. The van der Waals surface area contributed by atoms with Gasteiger partial charge < -0.3 is 9.64 Å². The third-order valence-electron chi connectivity index (χ3n) is 4.42. The molecule has 0 spiro atoms. The highest BCUT2D eigenvalue weighted by atomic mass is 19.1. The summed E-state index contributed by atoms with van der Waals surface area (Å²) in [5.41, 5.74) is 1.09. The fourth-order valence-electron chi connectivity index (χ4n) is 2.97. The Morgan fingerprint density at radius 2 is 1.88 bits per heavy atom. The van der Waals surface area contributed by atoms with Crippen molar-refractivity contribution in [3.8, 4) is 0 Å². The average Bonchev–Trinajstić information content (AvgIpc) is 2.63. The van der Waals surface area contributed by atoms with Crippen LogP contribution in [0.5, 0.6) is 0 Å². The van der Waals surface area contributed by atoms with Gasteiger partial charge in [-0.3, -0.25) is 10.7 Å². The van der Waals surface area contributed by atoms with Crippen molar-refractivity contribution in [3.63, 3.8) is 0 Å². The molecule has 2 rings (SSSR count). The molecule has 0 bridgehead atoms. The monoisotopic (exact) mass is 357 g/mol. The summed E-state index contributed by atoms with van der Waals surface area (Å²) in [4.78, 5) is 2.11. The molecule has 0 fully saturated rings. The van der Waals surface area contributed by atoms with Gasteiger partial charge in [0.05, 0.1) is 5.56 Å². The SMILES string of the molecule is CNC(CCCN(C)C)(OC(=N)c1cc(C)ccc1F)c1ccccc1. The molecule has 2 aromatic carbocycles. The Labute approximate surface area is 155 Å². The fourth-order valence-corrected chi connectivity index (χ4v) is 2.97. The Kier molecular flexibility index (Phi) is 6.89. The van der Waals surface area contributed by atoms with Gasteiger partial charge in [0.15, 0.2) is 5.72 Å². The maximum atomic E-state index is 14.2.